The number of nitrogens with zero attached hydrogens (tertiary/aromatic N) is 2. The summed E-state index contributed by atoms with van der Waals surface area (Å²) in [6.07, 6.45) is -3.81. The smallest absolute Gasteiger partial charge is 0.337 e. The van der Waals surface area contributed by atoms with Crippen LogP contribution < -0.4 is 44.3 Å². The fourth-order valence-corrected chi connectivity index (χ4v) is 7.76. The molecule has 0 saturated carbocycles. The summed E-state index contributed by atoms with van der Waals surface area (Å²) in [5, 5.41) is 53.6. The maximum Gasteiger partial charge on any atom is 0.337 e. The van der Waals surface area contributed by atoms with Gasteiger partial charge in [0.25, 0.3) is 0 Å². The Labute approximate surface area is 328 Å². The number of hydrogen-bond acceptors (Lipinski definition) is 22. The van der Waals surface area contributed by atoms with Gasteiger partial charge in [-0.15, -0.1) is 10.2 Å². The van der Waals surface area contributed by atoms with Crippen molar-refractivity contribution in [2.45, 2.75) is 33.6 Å². The number of carboxylic acid groups (broad SMARTS) is 1. The molecule has 3 atom stereocenters. The maximum absolute atomic E-state index is 13.1. The predicted octanol–water partition coefficient (Wildman–Crippen LogP) is 1.21. The second-order valence-corrected chi connectivity index (χ2v) is 16.7. The highest BCUT2D eigenvalue weighted by molar-refractivity contribution is 7.87. The fourth-order valence-electron chi connectivity index (χ4n) is 5.73. The third kappa shape index (κ3) is 8.88. The van der Waals surface area contributed by atoms with Crippen LogP contribution in [0, 0.1) is 0 Å². The normalized spacial score (nSPS) is 17.7. The van der Waals surface area contributed by atoms with Crippen LogP contribution in [0.4, 0.5) is 22.7 Å². The number of carboxylic acids is 1. The number of nitrogens with one attached hydrogen (secondary N) is 5. The summed E-state index contributed by atoms with van der Waals surface area (Å²) in [6.45, 7) is 0. The third-order valence-electron chi connectivity index (χ3n) is 8.37. The van der Waals surface area contributed by atoms with Gasteiger partial charge in [-0.1, -0.05) is 42.5 Å². The van der Waals surface area contributed by atoms with Crippen molar-refractivity contribution in [2.24, 2.45) is 27.9 Å². The van der Waals surface area contributed by atoms with E-state index in [1.165, 1.54) is 36.4 Å². The molecule has 306 valence electrons. The lowest BCUT2D eigenvalue weighted by Gasteiger charge is -2.38. The van der Waals surface area contributed by atoms with Gasteiger partial charge < -0.3 is 26.0 Å². The molecule has 14 N–H and O–H groups in total. The Morgan fingerprint density at radius 3 is 2.00 bits per heavy atom. The molecule has 5 aromatic rings. The van der Waals surface area contributed by atoms with Crippen LogP contribution in [0.2, 0.25) is 0 Å². The SMILES string of the molecule is NOS(=O)(=O)c1cccc(NC2NC(O)NC(Nc3cc(S(=O)(=O)ON)cc4cc(S(=O)(=O)ON)c(N=Nc5ccc(-c6ccccc6)cc5C(=O)O)c(O)c34)N2)c1. The van der Waals surface area contributed by atoms with E-state index in [1.807, 2.05) is 0 Å². The molecule has 0 amide bonds. The quantitative estimate of drug-likeness (QED) is 0.0552. The minimum Gasteiger partial charge on any atom is -0.505 e. The first-order chi connectivity index (χ1) is 27.5. The average molecular weight is 861 g/mol. The molecular formula is C32H32N10O13S3. The van der Waals surface area contributed by atoms with Crippen LogP contribution >= 0.6 is 0 Å². The van der Waals surface area contributed by atoms with Gasteiger partial charge in [-0.3, -0.25) is 5.32 Å². The van der Waals surface area contributed by atoms with E-state index < -0.39 is 76.5 Å². The van der Waals surface area contributed by atoms with Crippen LogP contribution in [0.1, 0.15) is 10.4 Å². The van der Waals surface area contributed by atoms with Crippen LogP contribution in [0.25, 0.3) is 21.9 Å². The van der Waals surface area contributed by atoms with E-state index in [2.05, 4.69) is 49.7 Å². The van der Waals surface area contributed by atoms with Crippen molar-refractivity contribution in [3.05, 3.63) is 96.6 Å². The van der Waals surface area contributed by atoms with Crippen molar-refractivity contribution < 1.29 is 58.2 Å². The zero-order valence-corrected chi connectivity index (χ0v) is 31.6. The number of carbonyl (C=O) groups is 1. The second-order valence-electron chi connectivity index (χ2n) is 12.0. The molecule has 0 spiro atoms. The molecule has 3 unspecified atom stereocenters. The number of nitrogens with two attached hydrogens (primary N) is 3. The zero-order valence-electron chi connectivity index (χ0n) is 29.2. The van der Waals surface area contributed by atoms with Gasteiger partial charge in [0.1, 0.15) is 28.8 Å². The van der Waals surface area contributed by atoms with Gasteiger partial charge >= 0.3 is 36.3 Å². The minimum absolute atomic E-state index is 0.193. The van der Waals surface area contributed by atoms with Gasteiger partial charge in [0, 0.05) is 16.8 Å². The first-order valence-corrected chi connectivity index (χ1v) is 20.4. The Balaban J connectivity index is 1.45. The topological polar surface area (TPSA) is 371 Å². The molecule has 1 aliphatic rings. The lowest BCUT2D eigenvalue weighted by molar-refractivity contribution is 0.0403. The number of hydrogen-bond donors (Lipinski definition) is 11. The van der Waals surface area contributed by atoms with Gasteiger partial charge in [0.05, 0.1) is 15.4 Å². The van der Waals surface area contributed by atoms with E-state index in [0.717, 1.165) is 18.2 Å². The van der Waals surface area contributed by atoms with Crippen LogP contribution in [0.5, 0.6) is 5.75 Å². The Morgan fingerprint density at radius 1 is 0.690 bits per heavy atom. The lowest BCUT2D eigenvalue weighted by Crippen LogP contribution is -2.71. The molecule has 0 radical (unpaired) electrons. The maximum atomic E-state index is 13.1. The van der Waals surface area contributed by atoms with E-state index in [0.29, 0.717) is 11.1 Å². The summed E-state index contributed by atoms with van der Waals surface area (Å²) in [5.74, 6) is 12.6. The van der Waals surface area contributed by atoms with E-state index in [9.17, 15) is 45.4 Å². The standard InChI is InChI=1S/C32H32N10O13S3/c33-53-56(47,48)20-8-4-7-19(14-20)36-30-38-31(40-32(46)39-30)37-24-15-21(57(49,50)54-34)11-18-13-25(58(51,52)55-35)27(28(43)26(18)24)42-41-23-10-9-17(12-22(23)29(44)45)16-5-2-1-3-6-16/h1-15,30-32,36-40,43,46H,33-35H2,(H,44,45). The largest absolute Gasteiger partial charge is 0.505 e. The Kier molecular flexibility index (Phi) is 12.0. The number of anilines is 2. The molecule has 0 aromatic heterocycles. The molecule has 1 saturated heterocycles. The number of aliphatic hydroxyl groups is 1. The van der Waals surface area contributed by atoms with Gasteiger partial charge in [0.2, 0.25) is 0 Å². The molecule has 0 bridgehead atoms. The summed E-state index contributed by atoms with van der Waals surface area (Å²) in [7, 11) is -14.0. The predicted molar refractivity (Wildman–Crippen MR) is 203 cm³/mol. The first kappa shape index (κ1) is 41.9. The van der Waals surface area contributed by atoms with E-state index in [-0.39, 0.29) is 38.3 Å². The highest BCUT2D eigenvalue weighted by Crippen LogP contribution is 2.46. The fraction of sp³-hybridized carbons (Fsp3) is 0.0938. The molecule has 26 heteroatoms. The molecule has 6 rings (SSSR count). The van der Waals surface area contributed by atoms with Crippen LogP contribution in [0.15, 0.2) is 116 Å². The van der Waals surface area contributed by atoms with Crippen molar-refractivity contribution in [1.82, 2.24) is 16.0 Å². The van der Waals surface area contributed by atoms with Crippen molar-refractivity contribution in [1.29, 1.82) is 0 Å². The van der Waals surface area contributed by atoms with Gasteiger partial charge in [-0.05, 0) is 65.0 Å². The first-order valence-electron chi connectivity index (χ1n) is 16.1. The van der Waals surface area contributed by atoms with E-state index in [1.54, 1.807) is 36.4 Å². The molecule has 1 heterocycles. The molecular weight excluding hydrogens is 829 g/mol. The van der Waals surface area contributed by atoms with E-state index in [4.69, 9.17) is 17.7 Å². The minimum atomic E-state index is -4.97. The van der Waals surface area contributed by atoms with Crippen molar-refractivity contribution in [3.8, 4) is 16.9 Å². The van der Waals surface area contributed by atoms with Crippen LogP contribution in [-0.2, 0) is 43.2 Å². The number of benzene rings is 5. The molecule has 0 aliphatic carbocycles. The highest BCUT2D eigenvalue weighted by atomic mass is 32.2. The summed E-state index contributed by atoms with van der Waals surface area (Å²) in [4.78, 5) is 10.4. The number of azo groups is 1. The van der Waals surface area contributed by atoms with Gasteiger partial charge in [0.15, 0.2) is 12.1 Å². The third-order valence-corrected chi connectivity index (χ3v) is 11.6. The van der Waals surface area contributed by atoms with Crippen molar-refractivity contribution in [2.75, 3.05) is 10.6 Å². The van der Waals surface area contributed by atoms with Crippen LogP contribution in [0.3, 0.4) is 0 Å². The molecule has 1 aliphatic heterocycles. The monoisotopic (exact) mass is 860 g/mol. The van der Waals surface area contributed by atoms with Crippen molar-refractivity contribution >= 4 is 69.8 Å². The van der Waals surface area contributed by atoms with Gasteiger partial charge in [-0.25, -0.2) is 15.4 Å². The zero-order chi connectivity index (χ0) is 42.0. The molecule has 58 heavy (non-hydrogen) atoms. The lowest BCUT2D eigenvalue weighted by atomic mass is 10.0. The van der Waals surface area contributed by atoms with Crippen LogP contribution in [-0.4, -0.2) is 65.5 Å². The van der Waals surface area contributed by atoms with E-state index >= 15 is 0 Å². The Morgan fingerprint density at radius 2 is 1.34 bits per heavy atom. The highest BCUT2D eigenvalue weighted by Gasteiger charge is 2.31. The summed E-state index contributed by atoms with van der Waals surface area (Å²) >= 11 is 0. The number of phenolic OH excluding ortho intramolecular Hbond substituents is 1. The summed E-state index contributed by atoms with van der Waals surface area (Å²) in [6, 6.07) is 20.9. The number of aromatic hydroxyl groups is 1. The number of fused-ring (bicyclic) bond motifs is 1. The number of aliphatic hydroxyl groups excluding tert-OH is 1. The summed E-state index contributed by atoms with van der Waals surface area (Å²) < 4.78 is 88.6. The summed E-state index contributed by atoms with van der Waals surface area (Å²) in [5.41, 5.74) is -0.281. The molecule has 1 fully saturated rings. The van der Waals surface area contributed by atoms with Gasteiger partial charge in [-0.2, -0.15) is 55.8 Å². The Bertz CT molecular complexity index is 2760. The van der Waals surface area contributed by atoms with Crippen molar-refractivity contribution in [3.63, 3.8) is 0 Å². The average Bonchev–Trinajstić information content (AvgIpc) is 3.20. The second kappa shape index (κ2) is 16.6. The Hall–Kier alpha value is -5.72. The number of aromatic carboxylic acids is 1. The number of phenols is 1. The molecule has 5 aromatic carbocycles. The molecule has 23 nitrogen and oxygen atoms in total. The number of rotatable bonds is 14.